The number of allylic oxidation sites excluding steroid dienone is 1. The highest BCUT2D eigenvalue weighted by atomic mass is 16.5. The molecule has 1 heterocycles. The summed E-state index contributed by atoms with van der Waals surface area (Å²) in [5.41, 5.74) is 1.37. The minimum absolute atomic E-state index is 0.0118. The number of carbonyl (C=O) groups is 1. The minimum Gasteiger partial charge on any atom is -0.378 e. The maximum absolute atomic E-state index is 11.7. The van der Waals surface area contributed by atoms with Crippen LogP contribution in [-0.2, 0) is 4.74 Å². The zero-order chi connectivity index (χ0) is 10.5. The van der Waals surface area contributed by atoms with Crippen LogP contribution in [-0.4, -0.2) is 37.2 Å². The number of carbonyl (C=O) groups excluding carboxylic acids is 1. The number of nitrogens with one attached hydrogen (secondary N) is 1. The van der Waals surface area contributed by atoms with Gasteiger partial charge in [-0.1, -0.05) is 5.57 Å². The van der Waals surface area contributed by atoms with Gasteiger partial charge < -0.3 is 15.0 Å². The Kier molecular flexibility index (Phi) is 3.61. The molecule has 0 aromatic heterocycles. The molecule has 1 N–H and O–H groups in total. The molecule has 0 unspecified atom stereocenters. The molecule has 1 saturated carbocycles. The Morgan fingerprint density at radius 1 is 1.27 bits per heavy atom. The summed E-state index contributed by atoms with van der Waals surface area (Å²) in [6.07, 6.45) is 6.70. The summed E-state index contributed by atoms with van der Waals surface area (Å²) in [7, 11) is 0. The SMILES string of the molecule is O=C(NC=C1CCCC1)N1CCOCC1. The fraction of sp³-hybridized carbons (Fsp3) is 0.727. The molecule has 0 spiro atoms. The molecule has 0 bridgehead atoms. The van der Waals surface area contributed by atoms with Crippen LogP contribution in [0.2, 0.25) is 0 Å². The second kappa shape index (κ2) is 5.16. The maximum Gasteiger partial charge on any atom is 0.321 e. The van der Waals surface area contributed by atoms with Crippen molar-refractivity contribution in [2.45, 2.75) is 25.7 Å². The number of hydrogen-bond acceptors (Lipinski definition) is 2. The summed E-state index contributed by atoms with van der Waals surface area (Å²) in [4.78, 5) is 13.5. The number of urea groups is 1. The Bertz CT molecular complexity index is 249. The van der Waals surface area contributed by atoms with Crippen molar-refractivity contribution >= 4 is 6.03 Å². The quantitative estimate of drug-likeness (QED) is 0.712. The molecule has 1 aliphatic carbocycles. The van der Waals surface area contributed by atoms with Crippen LogP contribution in [0, 0.1) is 0 Å². The molecule has 1 aliphatic heterocycles. The Morgan fingerprint density at radius 2 is 1.93 bits per heavy atom. The van der Waals surface area contributed by atoms with E-state index in [1.807, 2.05) is 6.20 Å². The highest BCUT2D eigenvalue weighted by Gasteiger charge is 2.15. The van der Waals surface area contributed by atoms with E-state index >= 15 is 0 Å². The number of morpholine rings is 1. The van der Waals surface area contributed by atoms with Gasteiger partial charge in [-0.05, 0) is 25.7 Å². The van der Waals surface area contributed by atoms with Gasteiger partial charge in [0.2, 0.25) is 0 Å². The lowest BCUT2D eigenvalue weighted by atomic mass is 10.2. The van der Waals surface area contributed by atoms with Gasteiger partial charge in [-0.3, -0.25) is 0 Å². The van der Waals surface area contributed by atoms with E-state index in [2.05, 4.69) is 5.32 Å². The van der Waals surface area contributed by atoms with Crippen LogP contribution in [0.4, 0.5) is 4.79 Å². The van der Waals surface area contributed by atoms with Crippen LogP contribution in [0.3, 0.4) is 0 Å². The first-order valence-corrected chi connectivity index (χ1v) is 5.67. The van der Waals surface area contributed by atoms with Crippen LogP contribution in [0.15, 0.2) is 11.8 Å². The lowest BCUT2D eigenvalue weighted by Crippen LogP contribution is -2.44. The van der Waals surface area contributed by atoms with E-state index in [1.165, 1.54) is 18.4 Å². The molecular weight excluding hydrogens is 192 g/mol. The van der Waals surface area contributed by atoms with Gasteiger partial charge in [0.05, 0.1) is 13.2 Å². The summed E-state index contributed by atoms with van der Waals surface area (Å²) in [5, 5.41) is 2.86. The van der Waals surface area contributed by atoms with Gasteiger partial charge in [-0.15, -0.1) is 0 Å². The standard InChI is InChI=1S/C11H18N2O2/c14-11(13-5-7-15-8-6-13)12-9-10-3-1-2-4-10/h9H,1-8H2,(H,12,14). The molecule has 0 atom stereocenters. The van der Waals surface area contributed by atoms with Gasteiger partial charge in [0.15, 0.2) is 0 Å². The van der Waals surface area contributed by atoms with E-state index < -0.39 is 0 Å². The molecule has 2 aliphatic rings. The predicted octanol–water partition coefficient (Wildman–Crippen LogP) is 1.49. The highest BCUT2D eigenvalue weighted by molar-refractivity contribution is 5.75. The summed E-state index contributed by atoms with van der Waals surface area (Å²) in [6, 6.07) is 0.0118. The van der Waals surface area contributed by atoms with Crippen molar-refractivity contribution in [3.8, 4) is 0 Å². The smallest absolute Gasteiger partial charge is 0.321 e. The van der Waals surface area contributed by atoms with Gasteiger partial charge in [0.25, 0.3) is 0 Å². The number of amides is 2. The first-order chi connectivity index (χ1) is 7.36. The molecule has 0 aromatic carbocycles. The van der Waals surface area contributed by atoms with Crippen LogP contribution in [0.25, 0.3) is 0 Å². The second-order valence-corrected chi connectivity index (χ2v) is 4.06. The first-order valence-electron chi connectivity index (χ1n) is 5.67. The normalized spacial score (nSPS) is 21.6. The van der Waals surface area contributed by atoms with E-state index in [0.717, 1.165) is 12.8 Å². The van der Waals surface area contributed by atoms with Gasteiger partial charge >= 0.3 is 6.03 Å². The largest absolute Gasteiger partial charge is 0.378 e. The van der Waals surface area contributed by atoms with Crippen LogP contribution in [0.1, 0.15) is 25.7 Å². The van der Waals surface area contributed by atoms with E-state index in [1.54, 1.807) is 4.90 Å². The molecule has 4 nitrogen and oxygen atoms in total. The first kappa shape index (κ1) is 10.5. The van der Waals surface area contributed by atoms with Crippen molar-refractivity contribution < 1.29 is 9.53 Å². The average molecular weight is 210 g/mol. The Hall–Kier alpha value is -1.03. The zero-order valence-electron chi connectivity index (χ0n) is 9.00. The van der Waals surface area contributed by atoms with Crippen molar-refractivity contribution in [3.05, 3.63) is 11.8 Å². The average Bonchev–Trinajstić information content (AvgIpc) is 2.80. The lowest BCUT2D eigenvalue weighted by Gasteiger charge is -2.26. The third-order valence-corrected chi connectivity index (χ3v) is 2.94. The van der Waals surface area contributed by atoms with E-state index in [4.69, 9.17) is 4.74 Å². The molecule has 84 valence electrons. The fourth-order valence-electron chi connectivity index (χ4n) is 1.99. The van der Waals surface area contributed by atoms with Gasteiger partial charge in [-0.2, -0.15) is 0 Å². The highest BCUT2D eigenvalue weighted by Crippen LogP contribution is 2.22. The lowest BCUT2D eigenvalue weighted by molar-refractivity contribution is 0.0540. The summed E-state index contributed by atoms with van der Waals surface area (Å²) in [5.74, 6) is 0. The number of nitrogens with zero attached hydrogens (tertiary/aromatic N) is 1. The van der Waals surface area contributed by atoms with Gasteiger partial charge in [-0.25, -0.2) is 4.79 Å². The molecule has 2 amide bonds. The van der Waals surface area contributed by atoms with E-state index in [0.29, 0.717) is 26.3 Å². The molecule has 15 heavy (non-hydrogen) atoms. The maximum atomic E-state index is 11.7. The monoisotopic (exact) mass is 210 g/mol. The van der Waals surface area contributed by atoms with Crippen molar-refractivity contribution in [1.29, 1.82) is 0 Å². The molecular formula is C11H18N2O2. The topological polar surface area (TPSA) is 41.6 Å². The Labute approximate surface area is 90.3 Å². The summed E-state index contributed by atoms with van der Waals surface area (Å²) < 4.78 is 5.19. The Morgan fingerprint density at radius 3 is 2.60 bits per heavy atom. The fourth-order valence-corrected chi connectivity index (χ4v) is 1.99. The number of hydrogen-bond donors (Lipinski definition) is 1. The Balaban J connectivity index is 1.78. The number of rotatable bonds is 1. The second-order valence-electron chi connectivity index (χ2n) is 4.06. The molecule has 4 heteroatoms. The third kappa shape index (κ3) is 2.96. The van der Waals surface area contributed by atoms with E-state index in [-0.39, 0.29) is 6.03 Å². The molecule has 1 saturated heterocycles. The van der Waals surface area contributed by atoms with Crippen molar-refractivity contribution in [3.63, 3.8) is 0 Å². The van der Waals surface area contributed by atoms with Crippen molar-refractivity contribution in [2.24, 2.45) is 0 Å². The van der Waals surface area contributed by atoms with Crippen molar-refractivity contribution in [1.82, 2.24) is 10.2 Å². The molecule has 2 rings (SSSR count). The molecule has 0 aromatic rings. The molecule has 0 radical (unpaired) electrons. The van der Waals surface area contributed by atoms with Gasteiger partial charge in [0.1, 0.15) is 0 Å². The van der Waals surface area contributed by atoms with Gasteiger partial charge in [0, 0.05) is 19.3 Å². The molecule has 2 fully saturated rings. The minimum atomic E-state index is 0.0118. The number of ether oxygens (including phenoxy) is 1. The third-order valence-electron chi connectivity index (χ3n) is 2.94. The zero-order valence-corrected chi connectivity index (χ0v) is 9.00. The van der Waals surface area contributed by atoms with Crippen LogP contribution < -0.4 is 5.32 Å². The summed E-state index contributed by atoms with van der Waals surface area (Å²) >= 11 is 0. The van der Waals surface area contributed by atoms with E-state index in [9.17, 15) is 4.79 Å². The van der Waals surface area contributed by atoms with Crippen molar-refractivity contribution in [2.75, 3.05) is 26.3 Å². The summed E-state index contributed by atoms with van der Waals surface area (Å²) in [6.45, 7) is 2.72. The van der Waals surface area contributed by atoms with Crippen LogP contribution in [0.5, 0.6) is 0 Å². The van der Waals surface area contributed by atoms with Crippen LogP contribution >= 0.6 is 0 Å². The predicted molar refractivity (Wildman–Crippen MR) is 57.5 cm³/mol.